The zero-order valence-corrected chi connectivity index (χ0v) is 15.0. The lowest BCUT2D eigenvalue weighted by Gasteiger charge is -2.08. The van der Waals surface area contributed by atoms with Crippen LogP contribution in [-0.2, 0) is 30.2 Å². The maximum absolute atomic E-state index is 12.4. The molecule has 0 aliphatic carbocycles. The molecule has 0 bridgehead atoms. The molecule has 3 aromatic heterocycles. The molecular weight excluding hydrogens is 362 g/mol. The van der Waals surface area contributed by atoms with Crippen molar-refractivity contribution in [3.05, 3.63) is 44.2 Å². The molecule has 0 fully saturated rings. The number of nitrogens with one attached hydrogen (secondary N) is 1. The van der Waals surface area contributed by atoms with Crippen molar-refractivity contribution in [2.75, 3.05) is 12.4 Å². The maximum atomic E-state index is 12.4. The first kappa shape index (κ1) is 17.6. The minimum absolute atomic E-state index is 0.143. The number of thiophene rings is 1. The molecule has 0 saturated heterocycles. The molecule has 0 atom stereocenters. The van der Waals surface area contributed by atoms with Crippen molar-refractivity contribution < 1.29 is 14.3 Å². The molecule has 0 saturated carbocycles. The van der Waals surface area contributed by atoms with Crippen LogP contribution in [0.25, 0.3) is 11.2 Å². The molecule has 0 aliphatic rings. The van der Waals surface area contributed by atoms with E-state index in [9.17, 15) is 19.2 Å². The Morgan fingerprint density at radius 2 is 2.00 bits per heavy atom. The van der Waals surface area contributed by atoms with Gasteiger partial charge in [-0.05, 0) is 11.4 Å². The van der Waals surface area contributed by atoms with Crippen LogP contribution >= 0.6 is 11.3 Å². The highest BCUT2D eigenvalue weighted by Crippen LogP contribution is 2.24. The van der Waals surface area contributed by atoms with Gasteiger partial charge in [0.15, 0.2) is 11.2 Å². The Labute approximate surface area is 150 Å². The molecule has 11 heteroatoms. The van der Waals surface area contributed by atoms with Gasteiger partial charge in [-0.3, -0.25) is 18.7 Å². The van der Waals surface area contributed by atoms with Crippen LogP contribution in [0.2, 0.25) is 0 Å². The lowest BCUT2D eigenvalue weighted by molar-refractivity contribution is -0.116. The van der Waals surface area contributed by atoms with Crippen LogP contribution in [0.5, 0.6) is 0 Å². The van der Waals surface area contributed by atoms with Crippen molar-refractivity contribution in [3.63, 3.8) is 0 Å². The Balaban J connectivity index is 1.92. The predicted molar refractivity (Wildman–Crippen MR) is 94.5 cm³/mol. The standard InChI is InChI=1S/C15H15N5O5S/c1-18-11-10(13(22)19(2)15(18)24)20(7-16-11)6-9(21)17-12-8(4-5-26-12)14(23)25-3/h4-5,7H,6H2,1-3H3,(H,17,21). The number of aryl methyl sites for hydroxylation is 1. The van der Waals surface area contributed by atoms with Crippen LogP contribution in [0.1, 0.15) is 10.4 Å². The first-order chi connectivity index (χ1) is 12.3. The van der Waals surface area contributed by atoms with E-state index in [-0.39, 0.29) is 23.3 Å². The minimum Gasteiger partial charge on any atom is -0.465 e. The second kappa shape index (κ2) is 6.59. The summed E-state index contributed by atoms with van der Waals surface area (Å²) in [4.78, 5) is 52.4. The Morgan fingerprint density at radius 3 is 2.69 bits per heavy atom. The van der Waals surface area contributed by atoms with Crippen molar-refractivity contribution >= 4 is 39.4 Å². The third kappa shape index (κ3) is 2.81. The number of amides is 1. The average molecular weight is 377 g/mol. The van der Waals surface area contributed by atoms with Crippen molar-refractivity contribution in [1.29, 1.82) is 0 Å². The molecule has 0 spiro atoms. The number of fused-ring (bicyclic) bond motifs is 1. The molecule has 10 nitrogen and oxygen atoms in total. The van der Waals surface area contributed by atoms with E-state index < -0.39 is 23.1 Å². The van der Waals surface area contributed by atoms with Crippen molar-refractivity contribution in [3.8, 4) is 0 Å². The van der Waals surface area contributed by atoms with Gasteiger partial charge in [-0.1, -0.05) is 0 Å². The van der Waals surface area contributed by atoms with Gasteiger partial charge in [-0.2, -0.15) is 0 Å². The van der Waals surface area contributed by atoms with Gasteiger partial charge in [0.2, 0.25) is 5.91 Å². The highest BCUT2D eigenvalue weighted by atomic mass is 32.1. The van der Waals surface area contributed by atoms with Gasteiger partial charge in [0.05, 0.1) is 19.0 Å². The van der Waals surface area contributed by atoms with E-state index in [1.165, 1.54) is 48.0 Å². The Kier molecular flexibility index (Phi) is 4.47. The molecule has 26 heavy (non-hydrogen) atoms. The van der Waals surface area contributed by atoms with Crippen LogP contribution < -0.4 is 16.6 Å². The summed E-state index contributed by atoms with van der Waals surface area (Å²) in [6.07, 6.45) is 1.32. The Morgan fingerprint density at radius 1 is 1.27 bits per heavy atom. The highest BCUT2D eigenvalue weighted by molar-refractivity contribution is 7.14. The number of hydrogen-bond acceptors (Lipinski definition) is 7. The van der Waals surface area contributed by atoms with Crippen LogP contribution in [0, 0.1) is 0 Å². The summed E-state index contributed by atoms with van der Waals surface area (Å²) in [5.74, 6) is -1.01. The third-order valence-electron chi connectivity index (χ3n) is 3.85. The number of carbonyl (C=O) groups is 2. The van der Waals surface area contributed by atoms with Crippen molar-refractivity contribution in [1.82, 2.24) is 18.7 Å². The largest absolute Gasteiger partial charge is 0.465 e. The van der Waals surface area contributed by atoms with Gasteiger partial charge in [-0.25, -0.2) is 14.6 Å². The lowest BCUT2D eigenvalue weighted by Crippen LogP contribution is -2.37. The average Bonchev–Trinajstić information content (AvgIpc) is 3.24. The zero-order chi connectivity index (χ0) is 19.0. The van der Waals surface area contributed by atoms with Gasteiger partial charge in [0.25, 0.3) is 5.56 Å². The van der Waals surface area contributed by atoms with Crippen LogP contribution in [0.3, 0.4) is 0 Å². The monoisotopic (exact) mass is 377 g/mol. The minimum atomic E-state index is -0.557. The number of methoxy groups -OCH3 is 1. The number of aromatic nitrogens is 4. The van der Waals surface area contributed by atoms with Crippen LogP contribution in [0.4, 0.5) is 5.00 Å². The summed E-state index contributed by atoms with van der Waals surface area (Å²) in [5, 5.41) is 4.63. The van der Waals surface area contributed by atoms with E-state index in [0.717, 1.165) is 4.57 Å². The highest BCUT2D eigenvalue weighted by Gasteiger charge is 2.18. The van der Waals surface area contributed by atoms with E-state index in [0.29, 0.717) is 5.00 Å². The maximum Gasteiger partial charge on any atom is 0.340 e. The van der Waals surface area contributed by atoms with Gasteiger partial charge < -0.3 is 14.6 Å². The predicted octanol–water partition coefficient (Wildman–Crippen LogP) is -0.0795. The zero-order valence-electron chi connectivity index (χ0n) is 14.2. The third-order valence-corrected chi connectivity index (χ3v) is 4.68. The van der Waals surface area contributed by atoms with E-state index in [2.05, 4.69) is 15.0 Å². The Bertz CT molecular complexity index is 1140. The number of rotatable bonds is 4. The van der Waals surface area contributed by atoms with Gasteiger partial charge in [-0.15, -0.1) is 11.3 Å². The smallest absolute Gasteiger partial charge is 0.340 e. The topological polar surface area (TPSA) is 117 Å². The number of imidazole rings is 1. The van der Waals surface area contributed by atoms with Crippen molar-refractivity contribution in [2.45, 2.75) is 6.54 Å². The second-order valence-corrected chi connectivity index (χ2v) is 6.37. The van der Waals surface area contributed by atoms with Gasteiger partial charge in [0, 0.05) is 14.1 Å². The number of hydrogen-bond donors (Lipinski definition) is 1. The fourth-order valence-electron chi connectivity index (χ4n) is 2.51. The van der Waals surface area contributed by atoms with E-state index in [1.807, 2.05) is 0 Å². The molecule has 136 valence electrons. The summed E-state index contributed by atoms with van der Waals surface area (Å²) in [7, 11) is 4.11. The molecule has 0 aromatic carbocycles. The first-order valence-corrected chi connectivity index (χ1v) is 8.29. The molecule has 0 unspecified atom stereocenters. The van der Waals surface area contributed by atoms with Crippen LogP contribution in [0.15, 0.2) is 27.4 Å². The van der Waals surface area contributed by atoms with Crippen LogP contribution in [-0.4, -0.2) is 37.7 Å². The van der Waals surface area contributed by atoms with Gasteiger partial charge >= 0.3 is 11.7 Å². The van der Waals surface area contributed by atoms with Crippen molar-refractivity contribution in [2.24, 2.45) is 14.1 Å². The molecular formula is C15H15N5O5S. The molecule has 0 radical (unpaired) electrons. The van der Waals surface area contributed by atoms with E-state index >= 15 is 0 Å². The quantitative estimate of drug-likeness (QED) is 0.636. The Hall–Kier alpha value is -3.21. The molecule has 3 heterocycles. The lowest BCUT2D eigenvalue weighted by atomic mass is 10.3. The molecule has 0 aliphatic heterocycles. The summed E-state index contributed by atoms with van der Waals surface area (Å²) in [5.41, 5.74) is -0.459. The number of esters is 1. The summed E-state index contributed by atoms with van der Waals surface area (Å²) in [6, 6.07) is 1.55. The number of anilines is 1. The normalized spacial score (nSPS) is 10.9. The van der Waals surface area contributed by atoms with E-state index in [1.54, 1.807) is 11.4 Å². The van der Waals surface area contributed by atoms with Gasteiger partial charge in [0.1, 0.15) is 11.5 Å². The van der Waals surface area contributed by atoms with E-state index in [4.69, 9.17) is 0 Å². The summed E-state index contributed by atoms with van der Waals surface area (Å²) in [6.45, 7) is -0.206. The molecule has 1 amide bonds. The second-order valence-electron chi connectivity index (χ2n) is 5.45. The fraction of sp³-hybridized carbons (Fsp3) is 0.267. The number of nitrogens with zero attached hydrogens (tertiary/aromatic N) is 4. The number of carbonyl (C=O) groups excluding carboxylic acids is 2. The molecule has 3 rings (SSSR count). The molecule has 1 N–H and O–H groups in total. The first-order valence-electron chi connectivity index (χ1n) is 7.41. The fourth-order valence-corrected chi connectivity index (χ4v) is 3.31. The molecule has 3 aromatic rings. The SMILES string of the molecule is COC(=O)c1ccsc1NC(=O)Cn1cnc2c1c(=O)n(C)c(=O)n2C. The summed E-state index contributed by atoms with van der Waals surface area (Å²) >= 11 is 1.18. The number of ether oxygens (including phenoxy) is 1. The summed E-state index contributed by atoms with van der Waals surface area (Å²) < 4.78 is 8.20.